The first kappa shape index (κ1) is 19.6. The number of methoxy groups -OCH3 is 1. The molecule has 1 heterocycles. The number of pyridine rings is 1. The SMILES string of the molecule is COc1cc(-c2ccc3c(c2NC(=O)N=S(=O)=O)CCC3)ccn1.[Na]. The minimum absolute atomic E-state index is 0. The Labute approximate surface area is 168 Å². The molecule has 2 amide bonds. The van der Waals surface area contributed by atoms with E-state index in [1.807, 2.05) is 12.1 Å². The number of ether oxygens (including phenoxy) is 1. The monoisotopic (exact) mass is 368 g/mol. The fraction of sp³-hybridized carbons (Fsp3) is 0.250. The summed E-state index contributed by atoms with van der Waals surface area (Å²) in [6, 6.07) is 6.59. The number of carbonyl (C=O) groups is 1. The molecule has 0 aliphatic heterocycles. The number of rotatable bonds is 3. The Bertz CT molecular complexity index is 936. The van der Waals surface area contributed by atoms with Gasteiger partial charge in [0, 0.05) is 47.4 Å². The van der Waals surface area contributed by atoms with Crippen LogP contribution in [0.1, 0.15) is 17.5 Å². The number of carbonyl (C=O) groups excluding carboxylic acids is 1. The standard InChI is InChI=1S/C16H15N3O4S.Na/c1-23-14-9-11(7-8-17-14)13-6-5-10-3-2-4-12(10)15(13)18-16(20)19-24(21)22;/h5-9H,2-4H2,1H3,(H,18,20);. The summed E-state index contributed by atoms with van der Waals surface area (Å²) in [7, 11) is -1.26. The average molecular weight is 368 g/mol. The summed E-state index contributed by atoms with van der Waals surface area (Å²) in [5.41, 5.74) is 4.35. The molecule has 0 saturated heterocycles. The number of amides is 2. The normalized spacial score (nSPS) is 11.9. The van der Waals surface area contributed by atoms with Gasteiger partial charge in [-0.3, -0.25) is 0 Å². The number of aryl methyl sites for hydroxylation is 1. The zero-order valence-corrected chi connectivity index (χ0v) is 16.8. The van der Waals surface area contributed by atoms with E-state index < -0.39 is 16.5 Å². The number of benzene rings is 1. The molecule has 25 heavy (non-hydrogen) atoms. The molecule has 1 aliphatic carbocycles. The Morgan fingerprint density at radius 2 is 2.08 bits per heavy atom. The third kappa shape index (κ3) is 4.46. The van der Waals surface area contributed by atoms with Crippen molar-refractivity contribution >= 4 is 51.8 Å². The van der Waals surface area contributed by atoms with E-state index in [1.54, 1.807) is 18.3 Å². The fourth-order valence-electron chi connectivity index (χ4n) is 2.94. The Morgan fingerprint density at radius 3 is 2.80 bits per heavy atom. The molecule has 0 bridgehead atoms. The summed E-state index contributed by atoms with van der Waals surface area (Å²) < 4.78 is 29.4. The quantitative estimate of drug-likeness (QED) is 0.839. The van der Waals surface area contributed by atoms with Gasteiger partial charge in [0.05, 0.1) is 12.8 Å². The van der Waals surface area contributed by atoms with Crippen molar-refractivity contribution in [2.24, 2.45) is 4.36 Å². The molecular formula is C16H15N3NaO4S. The van der Waals surface area contributed by atoms with Gasteiger partial charge in [-0.05, 0) is 42.0 Å². The van der Waals surface area contributed by atoms with Crippen LogP contribution in [0.2, 0.25) is 0 Å². The summed E-state index contributed by atoms with van der Waals surface area (Å²) in [5, 5.41) is 2.62. The number of urea groups is 1. The maximum Gasteiger partial charge on any atom is 0.360 e. The smallest absolute Gasteiger partial charge is 0.360 e. The van der Waals surface area contributed by atoms with Gasteiger partial charge in [0.2, 0.25) is 5.88 Å². The third-order valence-corrected chi connectivity index (χ3v) is 4.24. The van der Waals surface area contributed by atoms with Gasteiger partial charge >= 0.3 is 16.5 Å². The van der Waals surface area contributed by atoms with Crippen LogP contribution in [0.3, 0.4) is 0 Å². The summed E-state index contributed by atoms with van der Waals surface area (Å²) >= 11 is 0. The molecule has 3 rings (SSSR count). The van der Waals surface area contributed by atoms with E-state index in [9.17, 15) is 13.2 Å². The van der Waals surface area contributed by atoms with E-state index in [4.69, 9.17) is 4.74 Å². The number of fused-ring (bicyclic) bond motifs is 1. The van der Waals surface area contributed by atoms with Crippen LogP contribution in [0.4, 0.5) is 10.5 Å². The molecule has 0 atom stereocenters. The molecule has 0 spiro atoms. The first-order valence-corrected chi connectivity index (χ1v) is 8.39. The third-order valence-electron chi connectivity index (χ3n) is 3.93. The van der Waals surface area contributed by atoms with Crippen LogP contribution in [-0.4, -0.2) is 56.1 Å². The van der Waals surface area contributed by atoms with Crippen molar-refractivity contribution in [1.29, 1.82) is 0 Å². The van der Waals surface area contributed by atoms with Crippen LogP contribution in [0.5, 0.6) is 5.88 Å². The molecule has 1 aromatic heterocycles. The molecular weight excluding hydrogens is 353 g/mol. The van der Waals surface area contributed by atoms with Crippen molar-refractivity contribution in [1.82, 2.24) is 4.98 Å². The van der Waals surface area contributed by atoms with Crippen molar-refractivity contribution in [2.45, 2.75) is 19.3 Å². The van der Waals surface area contributed by atoms with Crippen LogP contribution in [0.15, 0.2) is 34.8 Å². The molecule has 125 valence electrons. The topological polar surface area (TPSA) is 97.7 Å². The maximum absolute atomic E-state index is 11.8. The molecule has 1 radical (unpaired) electrons. The van der Waals surface area contributed by atoms with Crippen molar-refractivity contribution in [2.75, 3.05) is 12.4 Å². The van der Waals surface area contributed by atoms with Crippen molar-refractivity contribution in [3.8, 4) is 17.0 Å². The Kier molecular flexibility index (Phi) is 6.71. The van der Waals surface area contributed by atoms with E-state index >= 15 is 0 Å². The van der Waals surface area contributed by atoms with Gasteiger partial charge in [-0.25, -0.2) is 9.78 Å². The second kappa shape index (κ2) is 8.57. The molecule has 0 saturated carbocycles. The van der Waals surface area contributed by atoms with E-state index in [0.717, 1.165) is 41.5 Å². The van der Waals surface area contributed by atoms with E-state index in [1.165, 1.54) is 7.11 Å². The molecule has 1 aliphatic rings. The minimum atomic E-state index is -2.79. The van der Waals surface area contributed by atoms with Crippen LogP contribution >= 0.6 is 0 Å². The van der Waals surface area contributed by atoms with Gasteiger partial charge in [0.1, 0.15) is 0 Å². The van der Waals surface area contributed by atoms with Gasteiger partial charge in [-0.1, -0.05) is 16.5 Å². The Morgan fingerprint density at radius 1 is 1.28 bits per heavy atom. The summed E-state index contributed by atoms with van der Waals surface area (Å²) in [5.74, 6) is 0.454. The summed E-state index contributed by atoms with van der Waals surface area (Å²) in [6.07, 6.45) is 4.36. The number of hydrogen-bond acceptors (Lipinski definition) is 5. The van der Waals surface area contributed by atoms with Crippen molar-refractivity contribution in [3.05, 3.63) is 41.6 Å². The zero-order chi connectivity index (χ0) is 17.1. The predicted molar refractivity (Wildman–Crippen MR) is 94.4 cm³/mol. The van der Waals surface area contributed by atoms with E-state index in [0.29, 0.717) is 11.6 Å². The van der Waals surface area contributed by atoms with E-state index in [2.05, 4.69) is 14.7 Å². The number of aromatic nitrogens is 1. The van der Waals surface area contributed by atoms with Crippen LogP contribution in [-0.2, 0) is 23.3 Å². The molecule has 1 aromatic carbocycles. The minimum Gasteiger partial charge on any atom is -0.481 e. The second-order valence-electron chi connectivity index (χ2n) is 5.30. The zero-order valence-electron chi connectivity index (χ0n) is 13.9. The number of nitrogens with zero attached hydrogens (tertiary/aromatic N) is 2. The maximum atomic E-state index is 11.8. The largest absolute Gasteiger partial charge is 0.481 e. The van der Waals surface area contributed by atoms with Gasteiger partial charge in [-0.2, -0.15) is 8.42 Å². The number of nitrogens with one attached hydrogen (secondary N) is 1. The summed E-state index contributed by atoms with van der Waals surface area (Å²) in [6.45, 7) is 0. The van der Waals surface area contributed by atoms with Gasteiger partial charge in [-0.15, -0.1) is 0 Å². The van der Waals surface area contributed by atoms with Gasteiger partial charge in [0.15, 0.2) is 0 Å². The predicted octanol–water partition coefficient (Wildman–Crippen LogP) is 2.46. The molecule has 9 heteroatoms. The molecule has 0 fully saturated rings. The van der Waals surface area contributed by atoms with Crippen LogP contribution < -0.4 is 10.1 Å². The number of hydrogen-bond donors (Lipinski definition) is 1. The number of anilines is 1. The van der Waals surface area contributed by atoms with Crippen molar-refractivity contribution in [3.63, 3.8) is 0 Å². The Balaban J connectivity index is 0.00000225. The first-order chi connectivity index (χ1) is 11.6. The van der Waals surface area contributed by atoms with E-state index in [-0.39, 0.29) is 29.6 Å². The Hall–Kier alpha value is -1.74. The fourth-order valence-corrected chi connectivity index (χ4v) is 3.12. The van der Waals surface area contributed by atoms with Gasteiger partial charge in [0.25, 0.3) is 0 Å². The summed E-state index contributed by atoms with van der Waals surface area (Å²) in [4.78, 5) is 15.9. The molecule has 7 nitrogen and oxygen atoms in total. The van der Waals surface area contributed by atoms with Crippen molar-refractivity contribution < 1.29 is 17.9 Å². The molecule has 0 unspecified atom stereocenters. The second-order valence-corrected chi connectivity index (χ2v) is 5.92. The average Bonchev–Trinajstić information content (AvgIpc) is 3.03. The molecule has 1 N–H and O–H groups in total. The van der Waals surface area contributed by atoms with Crippen LogP contribution in [0, 0.1) is 0 Å². The van der Waals surface area contributed by atoms with Gasteiger partial charge < -0.3 is 10.1 Å². The van der Waals surface area contributed by atoms with Crippen LogP contribution in [0.25, 0.3) is 11.1 Å². The molecule has 2 aromatic rings. The first-order valence-electron chi connectivity index (χ1n) is 7.35.